The van der Waals surface area contributed by atoms with E-state index in [1.54, 1.807) is 0 Å². The second-order valence-corrected chi connectivity index (χ2v) is 8.92. The summed E-state index contributed by atoms with van der Waals surface area (Å²) in [5, 5.41) is 0. The highest BCUT2D eigenvalue weighted by atomic mass is 16.2. The van der Waals surface area contributed by atoms with Crippen molar-refractivity contribution in [3.63, 3.8) is 0 Å². The van der Waals surface area contributed by atoms with Crippen LogP contribution >= 0.6 is 0 Å². The van der Waals surface area contributed by atoms with Gasteiger partial charge in [0.1, 0.15) is 6.54 Å². The highest BCUT2D eigenvalue weighted by molar-refractivity contribution is 5.89. The van der Waals surface area contributed by atoms with E-state index in [9.17, 15) is 9.59 Å². The first-order chi connectivity index (χ1) is 14.1. The second-order valence-electron chi connectivity index (χ2n) is 8.92. The number of carbonyl (C=O) groups is 2. The van der Waals surface area contributed by atoms with Crippen molar-refractivity contribution in [2.45, 2.75) is 56.7 Å². The fraction of sp³-hybridized carbons (Fsp3) is 0.500. The molecule has 1 aromatic heterocycles. The van der Waals surface area contributed by atoms with E-state index in [0.29, 0.717) is 18.5 Å². The highest BCUT2D eigenvalue weighted by Crippen LogP contribution is 2.49. The lowest BCUT2D eigenvalue weighted by atomic mass is 10.1. The molecule has 3 saturated carbocycles. The molecule has 3 aliphatic rings. The van der Waals surface area contributed by atoms with Crippen molar-refractivity contribution in [3.05, 3.63) is 59.9 Å². The lowest BCUT2D eigenvalue weighted by Gasteiger charge is -2.28. The molecule has 0 radical (unpaired) electrons. The van der Waals surface area contributed by atoms with E-state index < -0.39 is 0 Å². The Bertz CT molecular complexity index is 898. The molecule has 3 aliphatic carbocycles. The monoisotopic (exact) mass is 391 g/mol. The quantitative estimate of drug-likeness (QED) is 0.693. The first-order valence-corrected chi connectivity index (χ1v) is 10.9. The first kappa shape index (κ1) is 18.5. The summed E-state index contributed by atoms with van der Waals surface area (Å²) in [7, 11) is 2.02. The molecule has 0 bridgehead atoms. The van der Waals surface area contributed by atoms with Gasteiger partial charge < -0.3 is 14.4 Å². The van der Waals surface area contributed by atoms with Gasteiger partial charge in [0.15, 0.2) is 0 Å². The minimum absolute atomic E-state index is 0.0491. The second kappa shape index (κ2) is 7.36. The van der Waals surface area contributed by atoms with Gasteiger partial charge in [-0.05, 0) is 55.7 Å². The first-order valence-electron chi connectivity index (χ1n) is 10.9. The molecule has 0 saturated heterocycles. The minimum Gasteiger partial charge on any atom is -0.353 e. The van der Waals surface area contributed by atoms with E-state index in [1.165, 1.54) is 5.56 Å². The van der Waals surface area contributed by atoms with Crippen LogP contribution in [0.5, 0.6) is 0 Å². The molecule has 3 fully saturated rings. The number of hydrogen-bond acceptors (Lipinski definition) is 2. The predicted molar refractivity (Wildman–Crippen MR) is 111 cm³/mol. The van der Waals surface area contributed by atoms with E-state index in [0.717, 1.165) is 37.8 Å². The van der Waals surface area contributed by atoms with Crippen LogP contribution in [0.3, 0.4) is 0 Å². The van der Waals surface area contributed by atoms with E-state index in [2.05, 4.69) is 22.8 Å². The standard InChI is InChI=1S/C24H29N3O2/c1-25-13-5-8-20(25)15-26(18-9-10-18)23(28)16-27(19-11-12-19)24(29)22-14-21(22)17-6-3-2-4-7-17/h2-8,13,18-19,21-22H,9-12,14-16H2,1H3/t21-,22+/m0/s1. The Hall–Kier alpha value is -2.56. The predicted octanol–water partition coefficient (Wildman–Crippen LogP) is 3.31. The maximum atomic E-state index is 13.2. The van der Waals surface area contributed by atoms with Gasteiger partial charge in [-0.1, -0.05) is 30.3 Å². The third kappa shape index (κ3) is 3.96. The topological polar surface area (TPSA) is 45.6 Å². The summed E-state index contributed by atoms with van der Waals surface area (Å²) in [6.07, 6.45) is 7.14. The summed E-state index contributed by atoms with van der Waals surface area (Å²) in [4.78, 5) is 30.4. The number of aromatic nitrogens is 1. The van der Waals surface area contributed by atoms with Crippen LogP contribution in [0.1, 0.15) is 49.3 Å². The smallest absolute Gasteiger partial charge is 0.242 e. The number of benzene rings is 1. The zero-order valence-electron chi connectivity index (χ0n) is 17.0. The molecule has 0 unspecified atom stereocenters. The van der Waals surface area contributed by atoms with Gasteiger partial charge in [-0.25, -0.2) is 0 Å². The van der Waals surface area contributed by atoms with Crippen LogP contribution in [0.4, 0.5) is 0 Å². The van der Waals surface area contributed by atoms with Crippen LogP contribution in [-0.2, 0) is 23.2 Å². The molecule has 1 aromatic carbocycles. The number of nitrogens with zero attached hydrogens (tertiary/aromatic N) is 3. The van der Waals surface area contributed by atoms with E-state index in [-0.39, 0.29) is 30.3 Å². The molecule has 0 N–H and O–H groups in total. The summed E-state index contributed by atoms with van der Waals surface area (Å²) < 4.78 is 2.07. The highest BCUT2D eigenvalue weighted by Gasteiger charge is 2.49. The van der Waals surface area contributed by atoms with Gasteiger partial charge in [0.2, 0.25) is 11.8 Å². The third-order valence-corrected chi connectivity index (χ3v) is 6.60. The molecular weight excluding hydrogens is 362 g/mol. The summed E-state index contributed by atoms with van der Waals surface area (Å²) in [5.74, 6) is 0.659. The average Bonchev–Trinajstić information content (AvgIpc) is 3.61. The van der Waals surface area contributed by atoms with Crippen LogP contribution in [0.25, 0.3) is 0 Å². The molecule has 0 aliphatic heterocycles. The van der Waals surface area contributed by atoms with Gasteiger partial charge in [-0.15, -0.1) is 0 Å². The van der Waals surface area contributed by atoms with Crippen molar-refractivity contribution in [2.75, 3.05) is 6.54 Å². The maximum Gasteiger partial charge on any atom is 0.242 e. The fourth-order valence-electron chi connectivity index (χ4n) is 4.40. The Labute approximate surface area is 172 Å². The van der Waals surface area contributed by atoms with Crippen LogP contribution in [-0.4, -0.2) is 44.8 Å². The largest absolute Gasteiger partial charge is 0.353 e. The molecule has 5 nitrogen and oxygen atoms in total. The number of amides is 2. The lowest BCUT2D eigenvalue weighted by Crippen LogP contribution is -2.45. The molecule has 152 valence electrons. The van der Waals surface area contributed by atoms with Crippen LogP contribution in [0.15, 0.2) is 48.7 Å². The van der Waals surface area contributed by atoms with Crippen LogP contribution < -0.4 is 0 Å². The van der Waals surface area contributed by atoms with Gasteiger partial charge in [0.05, 0.1) is 6.54 Å². The number of aryl methyl sites for hydroxylation is 1. The van der Waals surface area contributed by atoms with Gasteiger partial charge in [0.25, 0.3) is 0 Å². The molecule has 2 amide bonds. The fourth-order valence-corrected chi connectivity index (χ4v) is 4.40. The Kier molecular flexibility index (Phi) is 4.69. The third-order valence-electron chi connectivity index (χ3n) is 6.60. The maximum absolute atomic E-state index is 13.2. The Balaban J connectivity index is 1.26. The van der Waals surface area contributed by atoms with E-state index in [1.807, 2.05) is 47.3 Å². The summed E-state index contributed by atoms with van der Waals surface area (Å²) >= 11 is 0. The van der Waals surface area contributed by atoms with Gasteiger partial charge in [-0.3, -0.25) is 9.59 Å². The normalized spacial score (nSPS) is 22.9. The van der Waals surface area contributed by atoms with E-state index >= 15 is 0 Å². The van der Waals surface area contributed by atoms with Crippen LogP contribution in [0, 0.1) is 5.92 Å². The Morgan fingerprint density at radius 2 is 1.66 bits per heavy atom. The molecule has 2 atom stereocenters. The SMILES string of the molecule is Cn1cccc1CN(C(=O)CN(C(=O)[C@@H]1C[C@H]1c1ccccc1)C1CC1)C1CC1. The van der Waals surface area contributed by atoms with Crippen molar-refractivity contribution in [1.29, 1.82) is 0 Å². The zero-order valence-corrected chi connectivity index (χ0v) is 17.0. The van der Waals surface area contributed by atoms with Crippen molar-refractivity contribution in [1.82, 2.24) is 14.4 Å². The van der Waals surface area contributed by atoms with Gasteiger partial charge in [-0.2, -0.15) is 0 Å². The van der Waals surface area contributed by atoms with Crippen molar-refractivity contribution in [3.8, 4) is 0 Å². The molecule has 29 heavy (non-hydrogen) atoms. The number of carbonyl (C=O) groups excluding carboxylic acids is 2. The number of hydrogen-bond donors (Lipinski definition) is 0. The molecule has 0 spiro atoms. The Morgan fingerprint density at radius 1 is 0.966 bits per heavy atom. The minimum atomic E-state index is 0.0491. The molecular formula is C24H29N3O2. The molecule has 5 rings (SSSR count). The molecule has 2 aromatic rings. The number of rotatable bonds is 8. The van der Waals surface area contributed by atoms with Crippen molar-refractivity contribution in [2.24, 2.45) is 13.0 Å². The zero-order chi connectivity index (χ0) is 20.0. The lowest BCUT2D eigenvalue weighted by molar-refractivity contribution is -0.142. The summed E-state index contributed by atoms with van der Waals surface area (Å²) in [5.41, 5.74) is 2.39. The average molecular weight is 392 g/mol. The summed E-state index contributed by atoms with van der Waals surface area (Å²) in [6.45, 7) is 0.873. The van der Waals surface area contributed by atoms with Crippen LogP contribution in [0.2, 0.25) is 0 Å². The molecule has 5 heteroatoms. The summed E-state index contributed by atoms with van der Waals surface area (Å²) in [6, 6.07) is 15.0. The van der Waals surface area contributed by atoms with Crippen molar-refractivity contribution >= 4 is 11.8 Å². The Morgan fingerprint density at radius 3 is 2.28 bits per heavy atom. The van der Waals surface area contributed by atoms with Gasteiger partial charge in [0, 0.05) is 36.9 Å². The van der Waals surface area contributed by atoms with Crippen molar-refractivity contribution < 1.29 is 9.59 Å². The van der Waals surface area contributed by atoms with Gasteiger partial charge >= 0.3 is 0 Å². The molecule has 1 heterocycles. The van der Waals surface area contributed by atoms with E-state index in [4.69, 9.17) is 0 Å².